The number of benzene rings is 1. The number of piperazine rings is 1. The van der Waals surface area contributed by atoms with Crippen LogP contribution in [-0.2, 0) is 6.54 Å². The second kappa shape index (κ2) is 5.68. The van der Waals surface area contributed by atoms with Crippen molar-refractivity contribution in [2.24, 2.45) is 0 Å². The van der Waals surface area contributed by atoms with Crippen LogP contribution < -0.4 is 5.32 Å². The first kappa shape index (κ1) is 13.2. The molecular weight excluding hydrogens is 262 g/mol. The first-order valence-electron chi connectivity index (χ1n) is 6.65. The molecule has 0 amide bonds. The molecule has 1 aromatic heterocycles. The van der Waals surface area contributed by atoms with Crippen LogP contribution in [0.4, 0.5) is 8.78 Å². The second-order valence-corrected chi connectivity index (χ2v) is 4.89. The molecule has 20 heavy (non-hydrogen) atoms. The van der Waals surface area contributed by atoms with Crippen LogP contribution in [-0.4, -0.2) is 41.0 Å². The number of hydrogen-bond donors (Lipinski definition) is 2. The summed E-state index contributed by atoms with van der Waals surface area (Å²) in [7, 11) is 0. The molecule has 0 saturated carbocycles. The maximum Gasteiger partial charge on any atom is 0.132 e. The molecule has 1 aromatic carbocycles. The Morgan fingerprint density at radius 3 is 2.80 bits per heavy atom. The minimum atomic E-state index is -0.459. The topological polar surface area (TPSA) is 44.0 Å². The van der Waals surface area contributed by atoms with Gasteiger partial charge in [0.2, 0.25) is 0 Å². The van der Waals surface area contributed by atoms with E-state index in [2.05, 4.69) is 20.2 Å². The average Bonchev–Trinajstić information content (AvgIpc) is 2.91. The Kier molecular flexibility index (Phi) is 3.75. The molecule has 106 valence electrons. The second-order valence-electron chi connectivity index (χ2n) is 4.89. The Balaban J connectivity index is 1.77. The lowest BCUT2D eigenvalue weighted by molar-refractivity contribution is 0.228. The van der Waals surface area contributed by atoms with Gasteiger partial charge in [0.05, 0.1) is 18.4 Å². The molecule has 4 nitrogen and oxygen atoms in total. The first-order chi connectivity index (χ1) is 9.72. The Bertz CT molecular complexity index is 591. The summed E-state index contributed by atoms with van der Waals surface area (Å²) in [5, 5.41) is 3.28. The third-order valence-corrected chi connectivity index (χ3v) is 3.43. The van der Waals surface area contributed by atoms with Crippen LogP contribution in [0, 0.1) is 11.6 Å². The van der Waals surface area contributed by atoms with E-state index in [0.717, 1.165) is 44.1 Å². The summed E-state index contributed by atoms with van der Waals surface area (Å²) in [4.78, 5) is 9.58. The number of aromatic amines is 1. The van der Waals surface area contributed by atoms with Gasteiger partial charge in [-0.1, -0.05) is 0 Å². The van der Waals surface area contributed by atoms with Gasteiger partial charge in [0, 0.05) is 31.7 Å². The lowest BCUT2D eigenvalue weighted by Gasteiger charge is -2.26. The fourth-order valence-electron chi connectivity index (χ4n) is 2.36. The number of H-pyrrole nitrogens is 1. The number of aromatic nitrogens is 2. The van der Waals surface area contributed by atoms with Crippen molar-refractivity contribution in [2.75, 3.05) is 26.2 Å². The van der Waals surface area contributed by atoms with Gasteiger partial charge in [-0.2, -0.15) is 0 Å². The van der Waals surface area contributed by atoms with E-state index in [-0.39, 0.29) is 5.56 Å². The lowest BCUT2D eigenvalue weighted by atomic mass is 10.1. The minimum absolute atomic E-state index is 0.212. The fourth-order valence-corrected chi connectivity index (χ4v) is 2.36. The molecule has 0 spiro atoms. The lowest BCUT2D eigenvalue weighted by Crippen LogP contribution is -2.43. The van der Waals surface area contributed by atoms with Gasteiger partial charge in [0.25, 0.3) is 0 Å². The highest BCUT2D eigenvalue weighted by molar-refractivity contribution is 5.59. The molecule has 0 unspecified atom stereocenters. The zero-order chi connectivity index (χ0) is 13.9. The smallest absolute Gasteiger partial charge is 0.132 e. The van der Waals surface area contributed by atoms with Crippen LogP contribution in [0.1, 0.15) is 5.82 Å². The number of imidazole rings is 1. The van der Waals surface area contributed by atoms with E-state index >= 15 is 0 Å². The maximum atomic E-state index is 13.7. The van der Waals surface area contributed by atoms with Crippen molar-refractivity contribution in [1.29, 1.82) is 0 Å². The summed E-state index contributed by atoms with van der Waals surface area (Å²) in [6.07, 6.45) is 1.55. The molecule has 3 rings (SSSR count). The molecule has 2 N–H and O–H groups in total. The SMILES string of the molecule is Fc1ccc(F)c(-c2cnc(CN3CCNCC3)[nH]2)c1. The zero-order valence-corrected chi connectivity index (χ0v) is 11.0. The van der Waals surface area contributed by atoms with E-state index in [4.69, 9.17) is 0 Å². The van der Waals surface area contributed by atoms with E-state index in [1.807, 2.05) is 0 Å². The molecule has 1 aliphatic rings. The van der Waals surface area contributed by atoms with Crippen LogP contribution in [0.25, 0.3) is 11.3 Å². The molecule has 0 bridgehead atoms. The highest BCUT2D eigenvalue weighted by Gasteiger charge is 2.13. The predicted octanol–water partition coefficient (Wildman–Crippen LogP) is 1.76. The largest absolute Gasteiger partial charge is 0.341 e. The third-order valence-electron chi connectivity index (χ3n) is 3.43. The van der Waals surface area contributed by atoms with E-state index in [1.165, 1.54) is 6.07 Å². The summed E-state index contributed by atoms with van der Waals surface area (Å²) in [6.45, 7) is 4.55. The summed E-state index contributed by atoms with van der Waals surface area (Å²) in [6, 6.07) is 3.41. The molecule has 0 aliphatic carbocycles. The summed E-state index contributed by atoms with van der Waals surface area (Å²) in [5.74, 6) is -0.144. The molecule has 2 aromatic rings. The minimum Gasteiger partial charge on any atom is -0.341 e. The molecule has 0 radical (unpaired) electrons. The monoisotopic (exact) mass is 278 g/mol. The fraction of sp³-hybridized carbons (Fsp3) is 0.357. The summed E-state index contributed by atoms with van der Waals surface area (Å²) in [5.41, 5.74) is 0.719. The van der Waals surface area contributed by atoms with E-state index in [1.54, 1.807) is 6.20 Å². The highest BCUT2D eigenvalue weighted by Crippen LogP contribution is 2.22. The van der Waals surface area contributed by atoms with Gasteiger partial charge in [-0.25, -0.2) is 13.8 Å². The molecule has 6 heteroatoms. The zero-order valence-electron chi connectivity index (χ0n) is 11.0. The standard InChI is InChI=1S/C14H16F2N4/c15-10-1-2-12(16)11(7-10)13-8-18-14(19-13)9-20-5-3-17-4-6-20/h1-2,7-8,17H,3-6,9H2,(H,18,19). The average molecular weight is 278 g/mol. The predicted molar refractivity (Wildman–Crippen MR) is 72.1 cm³/mol. The number of nitrogens with zero attached hydrogens (tertiary/aromatic N) is 2. The van der Waals surface area contributed by atoms with Gasteiger partial charge in [0.1, 0.15) is 17.5 Å². The number of hydrogen-bond acceptors (Lipinski definition) is 3. The molecular formula is C14H16F2N4. The van der Waals surface area contributed by atoms with E-state index in [0.29, 0.717) is 12.2 Å². The van der Waals surface area contributed by atoms with Crippen LogP contribution in [0.15, 0.2) is 24.4 Å². The van der Waals surface area contributed by atoms with Crippen molar-refractivity contribution >= 4 is 0 Å². The van der Waals surface area contributed by atoms with E-state index in [9.17, 15) is 8.78 Å². The van der Waals surface area contributed by atoms with Gasteiger partial charge >= 0.3 is 0 Å². The van der Waals surface area contributed by atoms with Crippen molar-refractivity contribution in [3.63, 3.8) is 0 Å². The Hall–Kier alpha value is -1.79. The van der Waals surface area contributed by atoms with Crippen LogP contribution in [0.3, 0.4) is 0 Å². The highest BCUT2D eigenvalue weighted by atomic mass is 19.1. The number of nitrogens with one attached hydrogen (secondary N) is 2. The van der Waals surface area contributed by atoms with Crippen LogP contribution >= 0.6 is 0 Å². The molecule has 2 heterocycles. The van der Waals surface area contributed by atoms with Gasteiger partial charge in [-0.3, -0.25) is 4.90 Å². The van der Waals surface area contributed by atoms with Crippen LogP contribution in [0.5, 0.6) is 0 Å². The Morgan fingerprint density at radius 1 is 1.20 bits per heavy atom. The molecule has 0 atom stereocenters. The number of halogens is 2. The Labute approximate surface area is 115 Å². The van der Waals surface area contributed by atoms with E-state index < -0.39 is 11.6 Å². The first-order valence-corrected chi connectivity index (χ1v) is 6.65. The quantitative estimate of drug-likeness (QED) is 0.899. The number of rotatable bonds is 3. The van der Waals surface area contributed by atoms with Gasteiger partial charge in [-0.05, 0) is 18.2 Å². The normalized spacial score (nSPS) is 16.5. The van der Waals surface area contributed by atoms with Crippen molar-refractivity contribution in [1.82, 2.24) is 20.2 Å². The van der Waals surface area contributed by atoms with Crippen LogP contribution in [0.2, 0.25) is 0 Å². The van der Waals surface area contributed by atoms with Crippen molar-refractivity contribution in [3.8, 4) is 11.3 Å². The Morgan fingerprint density at radius 2 is 2.00 bits per heavy atom. The van der Waals surface area contributed by atoms with Crippen molar-refractivity contribution in [3.05, 3.63) is 41.9 Å². The third kappa shape index (κ3) is 2.86. The van der Waals surface area contributed by atoms with Crippen molar-refractivity contribution < 1.29 is 8.78 Å². The maximum absolute atomic E-state index is 13.7. The van der Waals surface area contributed by atoms with Gasteiger partial charge in [-0.15, -0.1) is 0 Å². The molecule has 1 aliphatic heterocycles. The summed E-state index contributed by atoms with van der Waals surface area (Å²) >= 11 is 0. The molecule has 1 fully saturated rings. The molecule has 1 saturated heterocycles. The van der Waals surface area contributed by atoms with Gasteiger partial charge in [0.15, 0.2) is 0 Å². The van der Waals surface area contributed by atoms with Crippen molar-refractivity contribution in [2.45, 2.75) is 6.54 Å². The van der Waals surface area contributed by atoms with Gasteiger partial charge < -0.3 is 10.3 Å². The summed E-state index contributed by atoms with van der Waals surface area (Å²) < 4.78 is 26.9.